The molecule has 0 spiro atoms. The molecule has 2 aromatic carbocycles. The molecule has 0 fully saturated rings. The van der Waals surface area contributed by atoms with Gasteiger partial charge in [-0.1, -0.05) is 57.2 Å². The number of unbranched alkanes of at least 4 members (excludes halogenated alkanes) is 5. The van der Waals surface area contributed by atoms with Gasteiger partial charge >= 0.3 is 0 Å². The Hall–Kier alpha value is -2.30. The number of rotatable bonds is 10. The summed E-state index contributed by atoms with van der Waals surface area (Å²) in [5, 5.41) is 4.69. The molecule has 4 heteroatoms. The Balaban J connectivity index is 1.60. The number of hydrogen-bond acceptors (Lipinski definition) is 4. The van der Waals surface area contributed by atoms with E-state index in [4.69, 9.17) is 5.73 Å². The minimum absolute atomic E-state index is 0.791. The molecule has 0 atom stereocenters. The third kappa shape index (κ3) is 4.71. The molecule has 0 aliphatic carbocycles. The fourth-order valence-electron chi connectivity index (χ4n) is 3.91. The Morgan fingerprint density at radius 2 is 1.40 bits per heavy atom. The van der Waals surface area contributed by atoms with E-state index >= 15 is 0 Å². The van der Waals surface area contributed by atoms with E-state index in [2.05, 4.69) is 65.0 Å². The highest BCUT2D eigenvalue weighted by Crippen LogP contribution is 2.45. The quantitative estimate of drug-likeness (QED) is 0.199. The fourth-order valence-corrected chi connectivity index (χ4v) is 6.33. The normalized spacial score (nSPS) is 11.2. The Kier molecular flexibility index (Phi) is 7.08. The van der Waals surface area contributed by atoms with Gasteiger partial charge < -0.3 is 10.6 Å². The summed E-state index contributed by atoms with van der Waals surface area (Å²) in [4.78, 5) is 2.35. The molecule has 0 unspecified atom stereocenters. The third-order valence-electron chi connectivity index (χ3n) is 5.54. The molecule has 0 amide bonds. The largest absolute Gasteiger partial charge is 0.399 e. The van der Waals surface area contributed by atoms with Gasteiger partial charge in [-0.25, -0.2) is 0 Å². The lowest BCUT2D eigenvalue weighted by atomic mass is 10.1. The van der Waals surface area contributed by atoms with Crippen LogP contribution in [0.5, 0.6) is 0 Å². The lowest BCUT2D eigenvalue weighted by Crippen LogP contribution is -2.08. The summed E-state index contributed by atoms with van der Waals surface area (Å²) >= 11 is 3.77. The summed E-state index contributed by atoms with van der Waals surface area (Å²) in [5.41, 5.74) is 11.8. The van der Waals surface area contributed by atoms with Crippen molar-refractivity contribution in [3.63, 3.8) is 0 Å². The first-order valence-electron chi connectivity index (χ1n) is 11.0. The lowest BCUT2D eigenvalue weighted by molar-refractivity contribution is 0.608. The molecule has 2 heterocycles. The maximum absolute atomic E-state index is 5.95. The molecule has 0 aliphatic rings. The van der Waals surface area contributed by atoms with Crippen LogP contribution in [0.3, 0.4) is 0 Å². The van der Waals surface area contributed by atoms with Crippen LogP contribution >= 0.6 is 22.7 Å². The highest BCUT2D eigenvalue weighted by Gasteiger charge is 2.19. The predicted molar refractivity (Wildman–Crippen MR) is 136 cm³/mol. The average Bonchev–Trinajstić information content (AvgIpc) is 3.36. The van der Waals surface area contributed by atoms with Crippen molar-refractivity contribution in [2.24, 2.45) is 0 Å². The Morgan fingerprint density at radius 3 is 2.17 bits per heavy atom. The number of nitrogens with zero attached hydrogens (tertiary/aromatic N) is 1. The predicted octanol–water partition coefficient (Wildman–Crippen LogP) is 8.92. The van der Waals surface area contributed by atoms with Crippen molar-refractivity contribution in [2.75, 3.05) is 10.6 Å². The zero-order valence-electron chi connectivity index (χ0n) is 17.6. The Morgan fingerprint density at radius 1 is 0.733 bits per heavy atom. The molecule has 0 radical (unpaired) electrons. The van der Waals surface area contributed by atoms with E-state index in [-0.39, 0.29) is 0 Å². The second-order valence-corrected chi connectivity index (χ2v) is 9.58. The fraction of sp³-hybridized carbons (Fsp3) is 0.308. The maximum atomic E-state index is 5.95. The smallest absolute Gasteiger partial charge is 0.0747 e. The first kappa shape index (κ1) is 21.0. The van der Waals surface area contributed by atoms with Crippen LogP contribution in [0, 0.1) is 0 Å². The molecule has 2 N–H and O–H groups in total. The molecule has 2 nitrogen and oxygen atoms in total. The van der Waals surface area contributed by atoms with Crippen molar-refractivity contribution in [3.05, 3.63) is 70.9 Å². The van der Waals surface area contributed by atoms with Gasteiger partial charge in [-0.3, -0.25) is 0 Å². The van der Waals surface area contributed by atoms with Crippen molar-refractivity contribution in [1.29, 1.82) is 0 Å². The van der Waals surface area contributed by atoms with Gasteiger partial charge in [-0.15, -0.1) is 22.7 Å². The van der Waals surface area contributed by atoms with Crippen LogP contribution in [0.4, 0.5) is 22.7 Å². The second-order valence-electron chi connectivity index (χ2n) is 7.82. The van der Waals surface area contributed by atoms with Crippen LogP contribution in [0.25, 0.3) is 9.40 Å². The monoisotopic (exact) mass is 434 g/mol. The van der Waals surface area contributed by atoms with Crippen LogP contribution in [0.1, 0.15) is 51.0 Å². The Labute approximate surface area is 188 Å². The van der Waals surface area contributed by atoms with E-state index in [1.807, 2.05) is 34.8 Å². The van der Waals surface area contributed by atoms with E-state index in [0.29, 0.717) is 0 Å². The average molecular weight is 435 g/mol. The summed E-state index contributed by atoms with van der Waals surface area (Å²) in [7, 11) is 0. The van der Waals surface area contributed by atoms with Crippen LogP contribution < -0.4 is 10.6 Å². The molecule has 2 aromatic heterocycles. The summed E-state index contributed by atoms with van der Waals surface area (Å²) in [6, 6.07) is 18.8. The number of anilines is 4. The number of thiophene rings is 2. The number of fused-ring (bicyclic) bond motifs is 1. The molecule has 30 heavy (non-hydrogen) atoms. The number of nitrogens with two attached hydrogens (primary N) is 1. The van der Waals surface area contributed by atoms with Gasteiger partial charge in [0.25, 0.3) is 0 Å². The standard InChI is InChI=1S/C26H30N2S2/c1-2-3-4-5-6-8-11-20-18-29-26-24(19-30-25(20)26)28(22-12-9-7-10-13-22)23-16-14-21(27)15-17-23/h7,9-10,12-19H,2-6,8,11,27H2,1H3. The third-order valence-corrected chi connectivity index (χ3v) is 7.77. The minimum Gasteiger partial charge on any atom is -0.399 e. The molecular formula is C26H30N2S2. The van der Waals surface area contributed by atoms with Gasteiger partial charge in [0.15, 0.2) is 0 Å². The van der Waals surface area contributed by atoms with Gasteiger partial charge in [0.2, 0.25) is 0 Å². The molecule has 0 saturated carbocycles. The zero-order valence-corrected chi connectivity index (χ0v) is 19.3. The summed E-state index contributed by atoms with van der Waals surface area (Å²) in [6.45, 7) is 2.28. The highest BCUT2D eigenvalue weighted by molar-refractivity contribution is 7.27. The van der Waals surface area contributed by atoms with E-state index < -0.39 is 0 Å². The molecular weight excluding hydrogens is 404 g/mol. The minimum atomic E-state index is 0.791. The van der Waals surface area contributed by atoms with Gasteiger partial charge in [-0.2, -0.15) is 0 Å². The Bertz CT molecular complexity index is 1050. The lowest BCUT2D eigenvalue weighted by Gasteiger charge is -2.24. The molecule has 0 saturated heterocycles. The van der Waals surface area contributed by atoms with Crippen LogP contribution in [0.2, 0.25) is 0 Å². The van der Waals surface area contributed by atoms with E-state index in [9.17, 15) is 0 Å². The van der Waals surface area contributed by atoms with Crippen LogP contribution in [-0.4, -0.2) is 0 Å². The first-order chi connectivity index (χ1) is 14.8. The molecule has 4 rings (SSSR count). The van der Waals surface area contributed by atoms with E-state index in [0.717, 1.165) is 11.4 Å². The van der Waals surface area contributed by atoms with Crippen LogP contribution in [-0.2, 0) is 6.42 Å². The zero-order chi connectivity index (χ0) is 20.8. The number of hydrogen-bond donors (Lipinski definition) is 1. The second kappa shape index (κ2) is 10.1. The number of nitrogen functional groups attached to an aromatic ring is 1. The topological polar surface area (TPSA) is 29.3 Å². The van der Waals surface area contributed by atoms with Crippen molar-refractivity contribution >= 4 is 54.8 Å². The highest BCUT2D eigenvalue weighted by atomic mass is 32.1. The van der Waals surface area contributed by atoms with Gasteiger partial charge in [0, 0.05) is 22.4 Å². The SMILES string of the molecule is CCCCCCCCc1csc2c(N(c3ccccc3)c3ccc(N)cc3)csc12. The van der Waals surface area contributed by atoms with Crippen molar-refractivity contribution in [2.45, 2.75) is 51.9 Å². The van der Waals surface area contributed by atoms with Gasteiger partial charge in [-0.05, 0) is 60.2 Å². The molecule has 0 aliphatic heterocycles. The van der Waals surface area contributed by atoms with Gasteiger partial charge in [0.05, 0.1) is 15.1 Å². The number of benzene rings is 2. The van der Waals surface area contributed by atoms with Crippen molar-refractivity contribution in [3.8, 4) is 0 Å². The van der Waals surface area contributed by atoms with Gasteiger partial charge in [0.1, 0.15) is 0 Å². The van der Waals surface area contributed by atoms with Crippen molar-refractivity contribution in [1.82, 2.24) is 0 Å². The molecule has 156 valence electrons. The van der Waals surface area contributed by atoms with Crippen molar-refractivity contribution < 1.29 is 0 Å². The molecule has 0 bridgehead atoms. The summed E-state index contributed by atoms with van der Waals surface area (Å²) in [5.74, 6) is 0. The summed E-state index contributed by atoms with van der Waals surface area (Å²) < 4.78 is 2.85. The molecule has 4 aromatic rings. The van der Waals surface area contributed by atoms with E-state index in [1.165, 1.54) is 71.3 Å². The number of aryl methyl sites for hydroxylation is 1. The van der Waals surface area contributed by atoms with Crippen LogP contribution in [0.15, 0.2) is 65.4 Å². The number of para-hydroxylation sites is 1. The summed E-state index contributed by atoms with van der Waals surface area (Å²) in [6.07, 6.45) is 9.27. The van der Waals surface area contributed by atoms with E-state index in [1.54, 1.807) is 0 Å². The first-order valence-corrected chi connectivity index (χ1v) is 12.7. The maximum Gasteiger partial charge on any atom is 0.0747 e.